The van der Waals surface area contributed by atoms with Gasteiger partial charge in [-0.05, 0) is 37.3 Å². The molecule has 1 spiro atoms. The van der Waals surface area contributed by atoms with Gasteiger partial charge in [0.2, 0.25) is 5.79 Å². The van der Waals surface area contributed by atoms with Crippen molar-refractivity contribution in [1.29, 1.82) is 0 Å². The van der Waals surface area contributed by atoms with E-state index in [2.05, 4.69) is 0 Å². The van der Waals surface area contributed by atoms with Crippen molar-refractivity contribution in [2.45, 2.75) is 56.2 Å². The van der Waals surface area contributed by atoms with Crippen molar-refractivity contribution in [3.05, 3.63) is 35.6 Å². The van der Waals surface area contributed by atoms with Crippen molar-refractivity contribution in [2.24, 2.45) is 5.92 Å². The largest absolute Gasteiger partial charge is 0.353 e. The summed E-state index contributed by atoms with van der Waals surface area (Å²) >= 11 is 0. The zero-order chi connectivity index (χ0) is 15.2. The van der Waals surface area contributed by atoms with E-state index in [1.807, 2.05) is 0 Å². The Morgan fingerprint density at radius 1 is 1.09 bits per heavy atom. The van der Waals surface area contributed by atoms with Crippen LogP contribution in [-0.4, -0.2) is 19.0 Å². The molecule has 4 nitrogen and oxygen atoms in total. The van der Waals surface area contributed by atoms with Crippen LogP contribution < -0.4 is 0 Å². The van der Waals surface area contributed by atoms with Gasteiger partial charge < -0.3 is 9.47 Å². The molecule has 0 N–H and O–H groups in total. The van der Waals surface area contributed by atoms with E-state index in [-0.39, 0.29) is 5.82 Å². The molecular weight excluding hydrogens is 287 g/mol. The monoisotopic (exact) mass is 308 g/mol. The molecule has 4 aliphatic rings. The molecular formula is C17H21FO4. The zero-order valence-electron chi connectivity index (χ0n) is 12.7. The number of ether oxygens (including phenoxy) is 2. The number of methoxy groups -OCH3 is 1. The number of benzene rings is 1. The second kappa shape index (κ2) is 5.27. The first-order valence-electron chi connectivity index (χ1n) is 8.02. The lowest BCUT2D eigenvalue weighted by Crippen LogP contribution is -2.59. The van der Waals surface area contributed by atoms with Crippen LogP contribution in [0.3, 0.4) is 0 Å². The van der Waals surface area contributed by atoms with Gasteiger partial charge in [-0.25, -0.2) is 9.28 Å². The summed E-state index contributed by atoms with van der Waals surface area (Å²) in [5.74, 6) is -0.910. The first-order valence-corrected chi connectivity index (χ1v) is 8.02. The minimum Gasteiger partial charge on any atom is -0.353 e. The number of hydrogen-bond acceptors (Lipinski definition) is 4. The molecule has 4 atom stereocenters. The fraction of sp³-hybridized carbons (Fsp3) is 0.647. The van der Waals surface area contributed by atoms with Crippen molar-refractivity contribution in [3.63, 3.8) is 0 Å². The third kappa shape index (κ3) is 2.03. The van der Waals surface area contributed by atoms with Crippen molar-refractivity contribution in [3.8, 4) is 0 Å². The minimum absolute atomic E-state index is 0.279. The third-order valence-corrected chi connectivity index (χ3v) is 5.41. The Bertz CT molecular complexity index is 544. The Morgan fingerprint density at radius 3 is 2.68 bits per heavy atom. The second-order valence-corrected chi connectivity index (χ2v) is 6.55. The molecule has 3 aliphatic heterocycles. The average molecular weight is 308 g/mol. The van der Waals surface area contributed by atoms with E-state index in [9.17, 15) is 4.39 Å². The Hall–Kier alpha value is -1.01. The van der Waals surface area contributed by atoms with Gasteiger partial charge in [0.15, 0.2) is 11.9 Å². The molecule has 22 heavy (non-hydrogen) atoms. The molecule has 3 heterocycles. The summed E-state index contributed by atoms with van der Waals surface area (Å²) in [5, 5.41) is 0. The average Bonchev–Trinajstić information content (AvgIpc) is 2.81. The molecule has 5 rings (SSSR count). The highest BCUT2D eigenvalue weighted by Crippen LogP contribution is 2.54. The lowest BCUT2D eigenvalue weighted by atomic mass is 9.73. The van der Waals surface area contributed by atoms with Crippen LogP contribution in [0.2, 0.25) is 0 Å². The summed E-state index contributed by atoms with van der Waals surface area (Å²) in [6.45, 7) is 0. The SMILES string of the molecule is CO[C@@H]1O[C@]2(c3ccc(F)cc3)CC[C@H]3CCCC[C@]31OO2. The summed E-state index contributed by atoms with van der Waals surface area (Å²) in [6.07, 6.45) is 5.46. The minimum atomic E-state index is -1.00. The van der Waals surface area contributed by atoms with Gasteiger partial charge in [-0.1, -0.05) is 25.0 Å². The molecule has 5 heteroatoms. The molecule has 1 aliphatic carbocycles. The Labute approximate surface area is 129 Å². The molecule has 0 aromatic heterocycles. The maximum atomic E-state index is 13.2. The van der Waals surface area contributed by atoms with Gasteiger partial charge in [-0.3, -0.25) is 0 Å². The first kappa shape index (κ1) is 14.6. The second-order valence-electron chi connectivity index (χ2n) is 6.55. The molecule has 1 aromatic carbocycles. The summed E-state index contributed by atoms with van der Waals surface area (Å²) < 4.78 is 25.1. The van der Waals surface area contributed by atoms with Gasteiger partial charge in [-0.15, -0.1) is 0 Å². The van der Waals surface area contributed by atoms with Crippen LogP contribution in [0.15, 0.2) is 24.3 Å². The smallest absolute Gasteiger partial charge is 0.230 e. The number of fused-ring (bicyclic) bond motifs is 3. The zero-order valence-corrected chi connectivity index (χ0v) is 12.7. The maximum Gasteiger partial charge on any atom is 0.230 e. The highest BCUT2D eigenvalue weighted by molar-refractivity contribution is 5.22. The summed E-state index contributed by atoms with van der Waals surface area (Å²) in [5.41, 5.74) is 0.261. The van der Waals surface area contributed by atoms with Gasteiger partial charge in [-0.2, -0.15) is 4.89 Å². The lowest BCUT2D eigenvalue weighted by molar-refractivity contribution is -0.558. The molecule has 2 bridgehead atoms. The first-order chi connectivity index (χ1) is 10.7. The fourth-order valence-electron chi connectivity index (χ4n) is 4.20. The summed E-state index contributed by atoms with van der Waals surface area (Å²) in [6, 6.07) is 6.22. The van der Waals surface area contributed by atoms with Crippen LogP contribution in [0.4, 0.5) is 4.39 Å². The quantitative estimate of drug-likeness (QED) is 0.782. The van der Waals surface area contributed by atoms with E-state index in [1.165, 1.54) is 18.6 Å². The number of halogens is 1. The van der Waals surface area contributed by atoms with E-state index >= 15 is 0 Å². The normalized spacial score (nSPS) is 41.0. The molecule has 0 amide bonds. The van der Waals surface area contributed by atoms with E-state index in [4.69, 9.17) is 19.2 Å². The molecule has 120 valence electrons. The van der Waals surface area contributed by atoms with Crippen molar-refractivity contribution in [1.82, 2.24) is 0 Å². The Morgan fingerprint density at radius 2 is 1.91 bits per heavy atom. The van der Waals surface area contributed by atoms with E-state index in [1.54, 1.807) is 19.2 Å². The Balaban J connectivity index is 1.73. The molecule has 0 unspecified atom stereocenters. The summed E-state index contributed by atoms with van der Waals surface area (Å²) in [4.78, 5) is 11.7. The molecule has 3 saturated heterocycles. The van der Waals surface area contributed by atoms with Gasteiger partial charge >= 0.3 is 0 Å². The highest BCUT2D eigenvalue weighted by atomic mass is 19.1. The van der Waals surface area contributed by atoms with Crippen LogP contribution >= 0.6 is 0 Å². The maximum absolute atomic E-state index is 13.2. The lowest BCUT2D eigenvalue weighted by Gasteiger charge is -2.49. The predicted molar refractivity (Wildman–Crippen MR) is 76.1 cm³/mol. The third-order valence-electron chi connectivity index (χ3n) is 5.41. The molecule has 4 fully saturated rings. The topological polar surface area (TPSA) is 36.9 Å². The van der Waals surface area contributed by atoms with E-state index in [0.29, 0.717) is 12.3 Å². The van der Waals surface area contributed by atoms with Crippen LogP contribution in [0, 0.1) is 11.7 Å². The molecule has 0 radical (unpaired) electrons. The fourth-order valence-corrected chi connectivity index (χ4v) is 4.20. The standard InChI is InChI=1S/C17H21FO4/c1-19-15-16-10-3-2-4-12(16)9-11-17(20-15,22-21-16)13-5-7-14(18)8-6-13/h5-8,12,15H,2-4,9-11H2,1H3/t12-,15-,16+,17-/m1/s1. The summed E-state index contributed by atoms with van der Waals surface area (Å²) in [7, 11) is 1.65. The molecule has 1 aromatic rings. The van der Waals surface area contributed by atoms with Crippen LogP contribution in [0.1, 0.15) is 44.1 Å². The van der Waals surface area contributed by atoms with Gasteiger partial charge in [0.1, 0.15) is 5.82 Å². The van der Waals surface area contributed by atoms with Gasteiger partial charge in [0.25, 0.3) is 0 Å². The van der Waals surface area contributed by atoms with E-state index in [0.717, 1.165) is 31.2 Å². The van der Waals surface area contributed by atoms with Crippen molar-refractivity contribution in [2.75, 3.05) is 7.11 Å². The van der Waals surface area contributed by atoms with Gasteiger partial charge in [0.05, 0.1) is 0 Å². The highest BCUT2D eigenvalue weighted by Gasteiger charge is 2.61. The Kier molecular flexibility index (Phi) is 3.49. The number of hydrogen-bond donors (Lipinski definition) is 0. The predicted octanol–water partition coefficient (Wildman–Crippen LogP) is 3.65. The van der Waals surface area contributed by atoms with Crippen LogP contribution in [0.25, 0.3) is 0 Å². The van der Waals surface area contributed by atoms with Crippen molar-refractivity contribution < 1.29 is 23.6 Å². The van der Waals surface area contributed by atoms with Crippen LogP contribution in [-0.2, 0) is 25.0 Å². The van der Waals surface area contributed by atoms with E-state index < -0.39 is 17.7 Å². The van der Waals surface area contributed by atoms with Crippen LogP contribution in [0.5, 0.6) is 0 Å². The van der Waals surface area contributed by atoms with Gasteiger partial charge in [0, 0.05) is 19.1 Å². The number of rotatable bonds is 2. The van der Waals surface area contributed by atoms with Crippen molar-refractivity contribution >= 4 is 0 Å². The molecule has 1 saturated carbocycles.